The molecule has 1 aliphatic rings. The zero-order valence-electron chi connectivity index (χ0n) is 11.7. The van der Waals surface area contributed by atoms with E-state index in [1.165, 1.54) is 0 Å². The van der Waals surface area contributed by atoms with Gasteiger partial charge in [-0.2, -0.15) is 0 Å². The lowest BCUT2D eigenvalue weighted by molar-refractivity contribution is -0.137. The van der Waals surface area contributed by atoms with E-state index in [0.717, 1.165) is 24.3 Å². The topological polar surface area (TPSA) is 95.7 Å². The molecule has 1 saturated carbocycles. The number of aryl methyl sites for hydroxylation is 2. The van der Waals surface area contributed by atoms with Crippen LogP contribution in [0.25, 0.3) is 0 Å². The highest BCUT2D eigenvalue weighted by molar-refractivity contribution is 5.75. The van der Waals surface area contributed by atoms with Crippen LogP contribution < -0.4 is 5.32 Å². The van der Waals surface area contributed by atoms with Gasteiger partial charge < -0.3 is 19.7 Å². The Labute approximate surface area is 117 Å². The van der Waals surface area contributed by atoms with Crippen LogP contribution in [0.15, 0.2) is 4.42 Å². The number of carboxylic acids is 1. The molecule has 0 bridgehead atoms. The SMILES string of the molecule is Cc1nc(CNC(=O)N(CCC(=O)O)C2CC2)oc1C. The number of carbonyl (C=O) groups is 2. The van der Waals surface area contributed by atoms with Gasteiger partial charge in [0.1, 0.15) is 5.76 Å². The average molecular weight is 281 g/mol. The summed E-state index contributed by atoms with van der Waals surface area (Å²) in [5, 5.41) is 11.4. The molecule has 1 aromatic heterocycles. The van der Waals surface area contributed by atoms with Crippen LogP contribution in [0.4, 0.5) is 4.79 Å². The van der Waals surface area contributed by atoms with Crippen LogP contribution in [0.3, 0.4) is 0 Å². The molecule has 110 valence electrons. The fraction of sp³-hybridized carbons (Fsp3) is 0.615. The summed E-state index contributed by atoms with van der Waals surface area (Å²) in [6.07, 6.45) is 1.83. The first-order valence-corrected chi connectivity index (χ1v) is 6.66. The number of nitrogens with zero attached hydrogens (tertiary/aromatic N) is 2. The van der Waals surface area contributed by atoms with Gasteiger partial charge in [-0.15, -0.1) is 0 Å². The monoisotopic (exact) mass is 281 g/mol. The Morgan fingerprint density at radius 2 is 2.15 bits per heavy atom. The molecule has 1 heterocycles. The minimum absolute atomic E-state index is 0.0405. The maximum absolute atomic E-state index is 12.1. The van der Waals surface area contributed by atoms with Gasteiger partial charge in [0.15, 0.2) is 0 Å². The van der Waals surface area contributed by atoms with Crippen molar-refractivity contribution in [1.82, 2.24) is 15.2 Å². The van der Waals surface area contributed by atoms with Crippen LogP contribution in [0.2, 0.25) is 0 Å². The number of hydrogen-bond acceptors (Lipinski definition) is 4. The van der Waals surface area contributed by atoms with Crippen LogP contribution in [0, 0.1) is 13.8 Å². The van der Waals surface area contributed by atoms with Gasteiger partial charge in [0.25, 0.3) is 0 Å². The first kappa shape index (κ1) is 14.4. The van der Waals surface area contributed by atoms with Gasteiger partial charge in [-0.3, -0.25) is 4.79 Å². The number of nitrogens with one attached hydrogen (secondary N) is 1. The number of carboxylic acid groups (broad SMARTS) is 1. The first-order valence-electron chi connectivity index (χ1n) is 6.66. The second-order valence-electron chi connectivity index (χ2n) is 4.98. The Kier molecular flexibility index (Phi) is 4.26. The minimum atomic E-state index is -0.901. The van der Waals surface area contributed by atoms with E-state index in [-0.39, 0.29) is 31.6 Å². The van der Waals surface area contributed by atoms with E-state index >= 15 is 0 Å². The number of aromatic nitrogens is 1. The van der Waals surface area contributed by atoms with E-state index in [0.29, 0.717) is 5.89 Å². The third-order valence-corrected chi connectivity index (χ3v) is 3.28. The largest absolute Gasteiger partial charge is 0.481 e. The third-order valence-electron chi connectivity index (χ3n) is 3.28. The van der Waals surface area contributed by atoms with Crippen molar-refractivity contribution in [2.45, 2.75) is 45.7 Å². The van der Waals surface area contributed by atoms with Crippen molar-refractivity contribution in [3.63, 3.8) is 0 Å². The first-order chi connectivity index (χ1) is 9.47. The number of oxazole rings is 1. The molecule has 1 aliphatic carbocycles. The summed E-state index contributed by atoms with van der Waals surface area (Å²) < 4.78 is 5.38. The number of amides is 2. The summed E-state index contributed by atoms with van der Waals surface area (Å²) in [4.78, 5) is 28.4. The standard InChI is InChI=1S/C13H19N3O4/c1-8-9(2)20-11(15-8)7-14-13(19)16(10-3-4-10)6-5-12(17)18/h10H,3-7H2,1-2H3,(H,14,19)(H,17,18). The Morgan fingerprint density at radius 1 is 1.45 bits per heavy atom. The van der Waals surface area contributed by atoms with Gasteiger partial charge in [0.05, 0.1) is 18.7 Å². The highest BCUT2D eigenvalue weighted by Crippen LogP contribution is 2.27. The number of hydrogen-bond donors (Lipinski definition) is 2. The van der Waals surface area contributed by atoms with E-state index in [1.807, 2.05) is 13.8 Å². The normalized spacial score (nSPS) is 14.1. The molecule has 0 aromatic carbocycles. The van der Waals surface area contributed by atoms with Crippen LogP contribution in [-0.4, -0.2) is 39.6 Å². The summed E-state index contributed by atoms with van der Waals surface area (Å²) in [5.74, 6) is 0.295. The number of aliphatic carboxylic acids is 1. The minimum Gasteiger partial charge on any atom is -0.481 e. The molecule has 0 atom stereocenters. The summed E-state index contributed by atoms with van der Waals surface area (Å²) in [6.45, 7) is 4.10. The van der Waals surface area contributed by atoms with E-state index < -0.39 is 5.97 Å². The Balaban J connectivity index is 1.86. The smallest absolute Gasteiger partial charge is 0.318 e. The Bertz CT molecular complexity index is 488. The molecule has 7 heteroatoms. The highest BCUT2D eigenvalue weighted by Gasteiger charge is 2.32. The van der Waals surface area contributed by atoms with Crippen molar-refractivity contribution in [3.05, 3.63) is 17.3 Å². The van der Waals surface area contributed by atoms with Gasteiger partial charge in [0, 0.05) is 12.6 Å². The third kappa shape index (κ3) is 3.72. The van der Waals surface area contributed by atoms with E-state index in [2.05, 4.69) is 10.3 Å². The lowest BCUT2D eigenvalue weighted by Gasteiger charge is -2.21. The summed E-state index contributed by atoms with van der Waals surface area (Å²) in [5.41, 5.74) is 0.805. The predicted octanol–water partition coefficient (Wildman–Crippen LogP) is 1.44. The van der Waals surface area contributed by atoms with Gasteiger partial charge in [-0.05, 0) is 26.7 Å². The van der Waals surface area contributed by atoms with Crippen LogP contribution in [0.5, 0.6) is 0 Å². The second-order valence-corrected chi connectivity index (χ2v) is 4.98. The lowest BCUT2D eigenvalue weighted by atomic mass is 10.4. The number of carbonyl (C=O) groups excluding carboxylic acids is 1. The molecule has 0 saturated heterocycles. The number of rotatable bonds is 6. The van der Waals surface area contributed by atoms with Crippen LogP contribution >= 0.6 is 0 Å². The molecule has 0 aliphatic heterocycles. The molecular formula is C13H19N3O4. The fourth-order valence-corrected chi connectivity index (χ4v) is 1.92. The maximum Gasteiger partial charge on any atom is 0.318 e. The molecule has 2 rings (SSSR count). The van der Waals surface area contributed by atoms with Gasteiger partial charge in [-0.25, -0.2) is 9.78 Å². The lowest BCUT2D eigenvalue weighted by Crippen LogP contribution is -2.42. The Hall–Kier alpha value is -2.05. The van der Waals surface area contributed by atoms with Crippen LogP contribution in [0.1, 0.15) is 36.6 Å². The van der Waals surface area contributed by atoms with Crippen molar-refractivity contribution >= 4 is 12.0 Å². The molecule has 2 amide bonds. The quantitative estimate of drug-likeness (QED) is 0.822. The molecule has 1 fully saturated rings. The molecule has 7 nitrogen and oxygen atoms in total. The highest BCUT2D eigenvalue weighted by atomic mass is 16.4. The number of urea groups is 1. The van der Waals surface area contributed by atoms with Crippen molar-refractivity contribution in [1.29, 1.82) is 0 Å². The molecular weight excluding hydrogens is 262 g/mol. The molecule has 1 aromatic rings. The molecule has 0 unspecified atom stereocenters. The summed E-state index contributed by atoms with van der Waals surface area (Å²) in [7, 11) is 0. The van der Waals surface area contributed by atoms with Gasteiger partial charge in [-0.1, -0.05) is 0 Å². The average Bonchev–Trinajstić information content (AvgIpc) is 3.15. The van der Waals surface area contributed by atoms with Crippen LogP contribution in [-0.2, 0) is 11.3 Å². The zero-order chi connectivity index (χ0) is 14.7. The van der Waals surface area contributed by atoms with Gasteiger partial charge >= 0.3 is 12.0 Å². The fourth-order valence-electron chi connectivity index (χ4n) is 1.92. The zero-order valence-corrected chi connectivity index (χ0v) is 11.7. The molecule has 2 N–H and O–H groups in total. The summed E-state index contributed by atoms with van der Waals surface area (Å²) >= 11 is 0. The second kappa shape index (κ2) is 5.94. The molecule has 20 heavy (non-hydrogen) atoms. The predicted molar refractivity (Wildman–Crippen MR) is 70.2 cm³/mol. The van der Waals surface area contributed by atoms with E-state index in [9.17, 15) is 9.59 Å². The summed E-state index contributed by atoms with van der Waals surface area (Å²) in [6, 6.07) is -0.0929. The van der Waals surface area contributed by atoms with Crippen molar-refractivity contribution in [2.75, 3.05) is 6.54 Å². The van der Waals surface area contributed by atoms with Crippen molar-refractivity contribution in [3.8, 4) is 0 Å². The Morgan fingerprint density at radius 3 is 2.65 bits per heavy atom. The van der Waals surface area contributed by atoms with E-state index in [4.69, 9.17) is 9.52 Å². The van der Waals surface area contributed by atoms with Crippen molar-refractivity contribution in [2.24, 2.45) is 0 Å². The molecule has 0 spiro atoms. The van der Waals surface area contributed by atoms with Gasteiger partial charge in [0.2, 0.25) is 5.89 Å². The maximum atomic E-state index is 12.1. The van der Waals surface area contributed by atoms with Crippen molar-refractivity contribution < 1.29 is 19.1 Å². The van der Waals surface area contributed by atoms with E-state index in [1.54, 1.807) is 4.90 Å². The molecule has 0 radical (unpaired) electrons.